The summed E-state index contributed by atoms with van der Waals surface area (Å²) in [6.45, 7) is 2.61. The number of benzene rings is 2. The highest BCUT2D eigenvalue weighted by Crippen LogP contribution is 2.16. The number of aryl methyl sites for hydroxylation is 1. The van der Waals surface area contributed by atoms with E-state index in [0.717, 1.165) is 11.3 Å². The highest BCUT2D eigenvalue weighted by molar-refractivity contribution is 6.66. The summed E-state index contributed by atoms with van der Waals surface area (Å²) in [6.07, 6.45) is 2.99. The summed E-state index contributed by atoms with van der Waals surface area (Å²) in [6, 6.07) is 15.6. The van der Waals surface area contributed by atoms with E-state index in [2.05, 4.69) is 19.1 Å². The predicted molar refractivity (Wildman–Crippen MR) is 81.8 cm³/mol. The van der Waals surface area contributed by atoms with Crippen molar-refractivity contribution >= 4 is 22.9 Å². The SMILES string of the molecule is Cc1ccccc1COc1ccc(/C=C/C(=O)Cl)cc1. The Labute approximate surface area is 123 Å². The number of hydrogen-bond acceptors (Lipinski definition) is 2. The Morgan fingerprint density at radius 1 is 1.15 bits per heavy atom. The van der Waals surface area contributed by atoms with Crippen LogP contribution in [0.4, 0.5) is 0 Å². The Kier molecular flexibility index (Phi) is 4.97. The molecule has 0 saturated carbocycles. The summed E-state index contributed by atoms with van der Waals surface area (Å²) in [5.74, 6) is 0.794. The first kappa shape index (κ1) is 14.4. The van der Waals surface area contributed by atoms with E-state index in [9.17, 15) is 4.79 Å². The van der Waals surface area contributed by atoms with E-state index in [0.29, 0.717) is 6.61 Å². The van der Waals surface area contributed by atoms with Crippen molar-refractivity contribution in [1.82, 2.24) is 0 Å². The van der Waals surface area contributed by atoms with Crippen LogP contribution >= 0.6 is 11.6 Å². The smallest absolute Gasteiger partial charge is 0.245 e. The lowest BCUT2D eigenvalue weighted by Gasteiger charge is -2.08. The van der Waals surface area contributed by atoms with Crippen LogP contribution in [0.2, 0.25) is 0 Å². The third kappa shape index (κ3) is 4.25. The maximum atomic E-state index is 10.6. The summed E-state index contributed by atoms with van der Waals surface area (Å²) in [4.78, 5) is 10.6. The van der Waals surface area contributed by atoms with Gasteiger partial charge in [0, 0.05) is 0 Å². The molecule has 0 aliphatic rings. The molecular weight excluding hydrogens is 272 g/mol. The molecule has 0 atom stereocenters. The Balaban J connectivity index is 1.97. The Bertz CT molecular complexity index is 615. The van der Waals surface area contributed by atoms with Gasteiger partial charge in [0.1, 0.15) is 12.4 Å². The molecule has 0 bridgehead atoms. The lowest BCUT2D eigenvalue weighted by Crippen LogP contribution is -1.97. The molecule has 2 aromatic rings. The van der Waals surface area contributed by atoms with Crippen molar-refractivity contribution in [1.29, 1.82) is 0 Å². The Morgan fingerprint density at radius 3 is 2.50 bits per heavy atom. The van der Waals surface area contributed by atoms with Crippen LogP contribution in [0.1, 0.15) is 16.7 Å². The molecule has 102 valence electrons. The fourth-order valence-electron chi connectivity index (χ4n) is 1.77. The van der Waals surface area contributed by atoms with Gasteiger partial charge in [0.2, 0.25) is 5.24 Å². The van der Waals surface area contributed by atoms with Gasteiger partial charge in [-0.25, -0.2) is 0 Å². The third-order valence-electron chi connectivity index (χ3n) is 2.94. The highest BCUT2D eigenvalue weighted by atomic mass is 35.5. The molecule has 0 saturated heterocycles. The van der Waals surface area contributed by atoms with E-state index >= 15 is 0 Å². The summed E-state index contributed by atoms with van der Waals surface area (Å²) in [7, 11) is 0. The van der Waals surface area contributed by atoms with Gasteiger partial charge in [-0.1, -0.05) is 42.5 Å². The van der Waals surface area contributed by atoms with Crippen LogP contribution in [0, 0.1) is 6.92 Å². The molecule has 0 fully saturated rings. The zero-order valence-electron chi connectivity index (χ0n) is 11.2. The van der Waals surface area contributed by atoms with Crippen molar-refractivity contribution in [3.63, 3.8) is 0 Å². The van der Waals surface area contributed by atoms with Gasteiger partial charge < -0.3 is 4.74 Å². The summed E-state index contributed by atoms with van der Waals surface area (Å²) < 4.78 is 5.74. The van der Waals surface area contributed by atoms with Gasteiger partial charge in [0.25, 0.3) is 0 Å². The molecule has 0 N–H and O–H groups in total. The quantitative estimate of drug-likeness (QED) is 0.603. The largest absolute Gasteiger partial charge is 0.489 e. The topological polar surface area (TPSA) is 26.3 Å². The van der Waals surface area contributed by atoms with Gasteiger partial charge in [-0.2, -0.15) is 0 Å². The monoisotopic (exact) mass is 286 g/mol. The van der Waals surface area contributed by atoms with Crippen LogP contribution in [0.15, 0.2) is 54.6 Å². The van der Waals surface area contributed by atoms with Crippen LogP contribution in [0.3, 0.4) is 0 Å². The minimum Gasteiger partial charge on any atom is -0.489 e. The summed E-state index contributed by atoms with van der Waals surface area (Å²) in [5, 5.41) is -0.482. The first-order valence-corrected chi connectivity index (χ1v) is 6.68. The molecule has 0 heterocycles. The Morgan fingerprint density at radius 2 is 1.85 bits per heavy atom. The second kappa shape index (κ2) is 6.92. The maximum absolute atomic E-state index is 10.6. The molecule has 0 amide bonds. The van der Waals surface area contributed by atoms with Gasteiger partial charge in [0.15, 0.2) is 0 Å². The number of rotatable bonds is 5. The van der Waals surface area contributed by atoms with Crippen molar-refractivity contribution < 1.29 is 9.53 Å². The third-order valence-corrected chi connectivity index (χ3v) is 3.07. The van der Waals surface area contributed by atoms with Crippen molar-refractivity contribution in [2.45, 2.75) is 13.5 Å². The molecule has 0 aromatic heterocycles. The average Bonchev–Trinajstić information content (AvgIpc) is 2.45. The minimum atomic E-state index is -0.482. The molecule has 2 nitrogen and oxygen atoms in total. The molecule has 0 aliphatic heterocycles. The normalized spacial score (nSPS) is 10.7. The van der Waals surface area contributed by atoms with E-state index in [-0.39, 0.29) is 0 Å². The van der Waals surface area contributed by atoms with E-state index in [1.165, 1.54) is 17.2 Å². The van der Waals surface area contributed by atoms with E-state index in [1.54, 1.807) is 6.08 Å². The van der Waals surface area contributed by atoms with Gasteiger partial charge in [-0.05, 0) is 53.4 Å². The molecule has 0 radical (unpaired) electrons. The van der Waals surface area contributed by atoms with Gasteiger partial charge in [-0.3, -0.25) is 4.79 Å². The number of ether oxygens (including phenoxy) is 1. The highest BCUT2D eigenvalue weighted by Gasteiger charge is 1.99. The maximum Gasteiger partial charge on any atom is 0.245 e. The molecule has 0 spiro atoms. The zero-order chi connectivity index (χ0) is 14.4. The molecule has 2 aromatic carbocycles. The van der Waals surface area contributed by atoms with Gasteiger partial charge in [0.05, 0.1) is 0 Å². The first-order valence-electron chi connectivity index (χ1n) is 6.30. The van der Waals surface area contributed by atoms with E-state index in [1.807, 2.05) is 36.4 Å². The lowest BCUT2D eigenvalue weighted by molar-refractivity contribution is -0.107. The molecular formula is C17H15ClO2. The molecule has 0 aliphatic carbocycles. The van der Waals surface area contributed by atoms with Crippen molar-refractivity contribution in [3.05, 3.63) is 71.3 Å². The lowest BCUT2D eigenvalue weighted by atomic mass is 10.1. The predicted octanol–water partition coefficient (Wildman–Crippen LogP) is 4.35. The van der Waals surface area contributed by atoms with Crippen LogP contribution < -0.4 is 4.74 Å². The van der Waals surface area contributed by atoms with E-state index in [4.69, 9.17) is 16.3 Å². The standard InChI is InChI=1S/C17H15ClO2/c1-13-4-2-3-5-15(13)12-20-16-9-6-14(7-10-16)8-11-17(18)19/h2-11H,12H2,1H3/b11-8+. The fourth-order valence-corrected chi connectivity index (χ4v) is 1.83. The number of carbonyl (C=O) groups is 1. The van der Waals surface area contributed by atoms with Gasteiger partial charge in [-0.15, -0.1) is 0 Å². The summed E-state index contributed by atoms with van der Waals surface area (Å²) in [5.41, 5.74) is 3.29. The summed E-state index contributed by atoms with van der Waals surface area (Å²) >= 11 is 5.24. The number of allylic oxidation sites excluding steroid dienone is 1. The number of carbonyl (C=O) groups excluding carboxylic acids is 1. The minimum absolute atomic E-state index is 0.482. The molecule has 3 heteroatoms. The van der Waals surface area contributed by atoms with Gasteiger partial charge >= 0.3 is 0 Å². The van der Waals surface area contributed by atoms with Crippen LogP contribution in [-0.2, 0) is 11.4 Å². The van der Waals surface area contributed by atoms with Crippen LogP contribution in [0.25, 0.3) is 6.08 Å². The second-order valence-corrected chi connectivity index (χ2v) is 4.79. The van der Waals surface area contributed by atoms with Crippen LogP contribution in [0.5, 0.6) is 5.75 Å². The second-order valence-electron chi connectivity index (χ2n) is 4.42. The number of halogens is 1. The van der Waals surface area contributed by atoms with Crippen molar-refractivity contribution in [2.24, 2.45) is 0 Å². The molecule has 0 unspecified atom stereocenters. The first-order chi connectivity index (χ1) is 9.65. The molecule has 20 heavy (non-hydrogen) atoms. The molecule has 2 rings (SSSR count). The zero-order valence-corrected chi connectivity index (χ0v) is 11.9. The Hall–Kier alpha value is -2.06. The van der Waals surface area contributed by atoms with Crippen molar-refractivity contribution in [2.75, 3.05) is 0 Å². The average molecular weight is 287 g/mol. The van der Waals surface area contributed by atoms with Crippen molar-refractivity contribution in [3.8, 4) is 5.75 Å². The van der Waals surface area contributed by atoms with E-state index < -0.39 is 5.24 Å². The van der Waals surface area contributed by atoms with Crippen LogP contribution in [-0.4, -0.2) is 5.24 Å². The fraction of sp³-hybridized carbons (Fsp3) is 0.118. The number of hydrogen-bond donors (Lipinski definition) is 0.